The quantitative estimate of drug-likeness (QED) is 0.851. The predicted molar refractivity (Wildman–Crippen MR) is 71.2 cm³/mol. The smallest absolute Gasteiger partial charge is 0.147 e. The first-order chi connectivity index (χ1) is 7.21. The van der Waals surface area contributed by atoms with Crippen molar-refractivity contribution in [3.63, 3.8) is 0 Å². The lowest BCUT2D eigenvalue weighted by Crippen LogP contribution is -2.31. The van der Waals surface area contributed by atoms with Crippen molar-refractivity contribution in [3.05, 3.63) is 16.1 Å². The Morgan fingerprint density at radius 3 is 2.38 bits per heavy atom. The number of nitrogens with one attached hydrogen (secondary N) is 1. The van der Waals surface area contributed by atoms with Gasteiger partial charge < -0.3 is 11.1 Å². The zero-order valence-electron chi connectivity index (χ0n) is 9.94. The summed E-state index contributed by atoms with van der Waals surface area (Å²) in [4.78, 5) is 4.13. The van der Waals surface area contributed by atoms with E-state index in [4.69, 9.17) is 28.9 Å². The zero-order valence-corrected chi connectivity index (χ0v) is 11.4. The Balaban J connectivity index is 2.94. The highest BCUT2D eigenvalue weighted by Gasteiger charge is 2.21. The first kappa shape index (κ1) is 13.4. The van der Waals surface area contributed by atoms with Gasteiger partial charge in [0.05, 0.1) is 10.0 Å². The van der Waals surface area contributed by atoms with E-state index in [1.54, 1.807) is 6.07 Å². The summed E-state index contributed by atoms with van der Waals surface area (Å²) in [6, 6.07) is 1.82. The number of halogens is 2. The van der Waals surface area contributed by atoms with E-state index in [-0.39, 0.29) is 17.3 Å². The van der Waals surface area contributed by atoms with Crippen LogP contribution in [-0.2, 0) is 0 Å². The molecule has 0 amide bonds. The Kier molecular flexibility index (Phi) is 3.92. The minimum atomic E-state index is 0.111. The highest BCUT2D eigenvalue weighted by Crippen LogP contribution is 2.30. The summed E-state index contributed by atoms with van der Waals surface area (Å²) in [6.45, 7) is 8.48. The number of anilines is 2. The molecule has 0 aliphatic rings. The van der Waals surface area contributed by atoms with Crippen molar-refractivity contribution in [2.24, 2.45) is 5.41 Å². The topological polar surface area (TPSA) is 50.9 Å². The molecule has 0 radical (unpaired) electrons. The normalized spacial score (nSPS) is 13.6. The molecule has 16 heavy (non-hydrogen) atoms. The van der Waals surface area contributed by atoms with Crippen molar-refractivity contribution in [1.82, 2.24) is 4.98 Å². The molecule has 1 aromatic heterocycles. The van der Waals surface area contributed by atoms with Gasteiger partial charge in [0.1, 0.15) is 11.6 Å². The van der Waals surface area contributed by atoms with Gasteiger partial charge in [-0.05, 0) is 18.4 Å². The average Bonchev–Trinajstić information content (AvgIpc) is 2.12. The van der Waals surface area contributed by atoms with Crippen LogP contribution in [0.1, 0.15) is 27.7 Å². The third kappa shape index (κ3) is 3.16. The van der Waals surface area contributed by atoms with Crippen LogP contribution in [0.2, 0.25) is 10.0 Å². The number of pyridine rings is 1. The summed E-state index contributed by atoms with van der Waals surface area (Å²) in [5.74, 6) is 0.862. The molecule has 3 N–H and O–H groups in total. The number of nitrogens with two attached hydrogens (primary N) is 1. The Morgan fingerprint density at radius 2 is 1.88 bits per heavy atom. The van der Waals surface area contributed by atoms with Crippen LogP contribution in [0.5, 0.6) is 0 Å². The zero-order chi connectivity index (χ0) is 12.5. The molecule has 0 aromatic carbocycles. The van der Waals surface area contributed by atoms with Gasteiger partial charge in [0.2, 0.25) is 0 Å². The maximum atomic E-state index is 6.03. The number of nitrogens with zero attached hydrogens (tertiary/aromatic N) is 1. The number of hydrogen-bond acceptors (Lipinski definition) is 3. The van der Waals surface area contributed by atoms with Crippen LogP contribution in [0.4, 0.5) is 11.6 Å². The van der Waals surface area contributed by atoms with Gasteiger partial charge in [-0.25, -0.2) is 4.98 Å². The minimum Gasteiger partial charge on any atom is -0.382 e. The van der Waals surface area contributed by atoms with E-state index in [2.05, 4.69) is 38.0 Å². The lowest BCUT2D eigenvalue weighted by atomic mass is 9.88. The number of aromatic nitrogens is 1. The summed E-state index contributed by atoms with van der Waals surface area (Å²) < 4.78 is 0. The van der Waals surface area contributed by atoms with E-state index in [1.165, 1.54) is 0 Å². The van der Waals surface area contributed by atoms with E-state index in [9.17, 15) is 0 Å². The Hall–Kier alpha value is -0.670. The van der Waals surface area contributed by atoms with Gasteiger partial charge in [0, 0.05) is 6.04 Å². The number of rotatable bonds is 2. The Morgan fingerprint density at radius 1 is 1.31 bits per heavy atom. The Bertz CT molecular complexity index is 386. The van der Waals surface area contributed by atoms with Crippen LogP contribution in [0.25, 0.3) is 0 Å². The average molecular weight is 262 g/mol. The van der Waals surface area contributed by atoms with E-state index in [1.807, 2.05) is 0 Å². The molecule has 1 unspecified atom stereocenters. The fraction of sp³-hybridized carbons (Fsp3) is 0.545. The summed E-state index contributed by atoms with van der Waals surface area (Å²) in [5.41, 5.74) is 5.74. The highest BCUT2D eigenvalue weighted by molar-refractivity contribution is 6.37. The van der Waals surface area contributed by atoms with Crippen LogP contribution in [0.15, 0.2) is 6.07 Å². The summed E-state index contributed by atoms with van der Waals surface area (Å²) in [7, 11) is 0. The third-order valence-corrected chi connectivity index (χ3v) is 3.20. The molecule has 0 aliphatic heterocycles. The fourth-order valence-electron chi connectivity index (χ4n) is 1.00. The second-order valence-electron chi connectivity index (χ2n) is 4.92. The second-order valence-corrected chi connectivity index (χ2v) is 5.73. The second kappa shape index (κ2) is 4.68. The SMILES string of the molecule is CC(Nc1nc(N)c(Cl)cc1Cl)C(C)(C)C. The van der Waals surface area contributed by atoms with Gasteiger partial charge in [-0.15, -0.1) is 0 Å². The number of hydrogen-bond donors (Lipinski definition) is 2. The molecule has 1 atom stereocenters. The molecule has 0 saturated carbocycles. The van der Waals surface area contributed by atoms with E-state index >= 15 is 0 Å². The predicted octanol–water partition coefficient (Wildman–Crippen LogP) is 3.82. The van der Waals surface area contributed by atoms with E-state index in [0.717, 1.165) is 0 Å². The van der Waals surface area contributed by atoms with Gasteiger partial charge in [-0.3, -0.25) is 0 Å². The van der Waals surface area contributed by atoms with E-state index in [0.29, 0.717) is 15.9 Å². The number of nitrogen functional groups attached to an aromatic ring is 1. The fourth-order valence-corrected chi connectivity index (χ4v) is 1.42. The van der Waals surface area contributed by atoms with Gasteiger partial charge in [0.25, 0.3) is 0 Å². The molecule has 90 valence electrons. The van der Waals surface area contributed by atoms with Crippen LogP contribution in [-0.4, -0.2) is 11.0 Å². The van der Waals surface area contributed by atoms with Crippen LogP contribution in [0.3, 0.4) is 0 Å². The maximum Gasteiger partial charge on any atom is 0.147 e. The molecule has 0 bridgehead atoms. The molecular weight excluding hydrogens is 245 g/mol. The first-order valence-electron chi connectivity index (χ1n) is 5.10. The maximum absolute atomic E-state index is 6.03. The van der Waals surface area contributed by atoms with Gasteiger partial charge in [-0.2, -0.15) is 0 Å². The molecule has 0 fully saturated rings. The third-order valence-electron chi connectivity index (χ3n) is 2.61. The molecule has 3 nitrogen and oxygen atoms in total. The Labute approximate surface area is 106 Å². The molecule has 1 rings (SSSR count). The van der Waals surface area contributed by atoms with Crippen LogP contribution >= 0.6 is 23.2 Å². The monoisotopic (exact) mass is 261 g/mol. The molecular formula is C11H17Cl2N3. The van der Waals surface area contributed by atoms with Crippen molar-refractivity contribution < 1.29 is 0 Å². The standard InChI is InChI=1S/C11H17Cl2N3/c1-6(11(2,3)4)15-10-8(13)5-7(12)9(14)16-10/h5-6H,1-4H3,(H3,14,15,16). The highest BCUT2D eigenvalue weighted by atomic mass is 35.5. The summed E-state index contributed by atoms with van der Waals surface area (Å²) >= 11 is 11.8. The molecule has 5 heteroatoms. The summed E-state index contributed by atoms with van der Waals surface area (Å²) in [6.07, 6.45) is 0. The lowest BCUT2D eigenvalue weighted by molar-refractivity contribution is 0.359. The minimum absolute atomic E-state index is 0.111. The van der Waals surface area contributed by atoms with Gasteiger partial charge in [0.15, 0.2) is 0 Å². The largest absolute Gasteiger partial charge is 0.382 e. The van der Waals surface area contributed by atoms with Crippen LogP contribution < -0.4 is 11.1 Å². The van der Waals surface area contributed by atoms with Gasteiger partial charge in [-0.1, -0.05) is 44.0 Å². The van der Waals surface area contributed by atoms with Crippen molar-refractivity contribution >= 4 is 34.8 Å². The summed E-state index contributed by atoms with van der Waals surface area (Å²) in [5, 5.41) is 4.09. The molecule has 0 saturated heterocycles. The van der Waals surface area contributed by atoms with Crippen molar-refractivity contribution in [3.8, 4) is 0 Å². The van der Waals surface area contributed by atoms with Crippen molar-refractivity contribution in [2.45, 2.75) is 33.7 Å². The van der Waals surface area contributed by atoms with E-state index < -0.39 is 0 Å². The van der Waals surface area contributed by atoms with Crippen LogP contribution in [0, 0.1) is 5.41 Å². The molecule has 1 heterocycles. The molecule has 1 aromatic rings. The van der Waals surface area contributed by atoms with Crippen molar-refractivity contribution in [1.29, 1.82) is 0 Å². The molecule has 0 aliphatic carbocycles. The first-order valence-corrected chi connectivity index (χ1v) is 5.85. The van der Waals surface area contributed by atoms with Crippen molar-refractivity contribution in [2.75, 3.05) is 11.1 Å². The molecule has 0 spiro atoms. The van der Waals surface area contributed by atoms with Gasteiger partial charge >= 0.3 is 0 Å². The lowest BCUT2D eigenvalue weighted by Gasteiger charge is -2.28.